The highest BCUT2D eigenvalue weighted by atomic mass is 16.4. The molecule has 3 rings (SSSR count). The van der Waals surface area contributed by atoms with Crippen LogP contribution in [0.5, 0.6) is 0 Å². The molecule has 3 N–H and O–H groups in total. The van der Waals surface area contributed by atoms with Gasteiger partial charge in [-0.3, -0.25) is 0 Å². The first kappa shape index (κ1) is 13.2. The molecule has 0 atom stereocenters. The maximum Gasteiger partial charge on any atom is 0.295 e. The van der Waals surface area contributed by atoms with Crippen LogP contribution in [-0.4, -0.2) is 35.6 Å². The Hall–Kier alpha value is -1.75. The van der Waals surface area contributed by atoms with Gasteiger partial charge in [0.15, 0.2) is 5.58 Å². The van der Waals surface area contributed by atoms with Gasteiger partial charge in [0, 0.05) is 19.1 Å². The Labute approximate surface area is 119 Å². The Morgan fingerprint density at radius 3 is 2.90 bits per heavy atom. The largest absolute Gasteiger partial charge is 0.423 e. The van der Waals surface area contributed by atoms with Gasteiger partial charge in [-0.2, -0.15) is 4.98 Å². The van der Waals surface area contributed by atoms with Crippen molar-refractivity contribution in [3.8, 4) is 0 Å². The van der Waals surface area contributed by atoms with Crippen LogP contribution in [0.25, 0.3) is 11.1 Å². The zero-order valence-electron chi connectivity index (χ0n) is 11.9. The van der Waals surface area contributed by atoms with E-state index in [1.165, 1.54) is 13.0 Å². The summed E-state index contributed by atoms with van der Waals surface area (Å²) in [4.78, 5) is 6.96. The highest BCUT2D eigenvalue weighted by molar-refractivity contribution is 5.86. The number of aromatic nitrogens is 1. The van der Waals surface area contributed by atoms with Gasteiger partial charge in [-0.1, -0.05) is 13.0 Å². The van der Waals surface area contributed by atoms with E-state index in [1.807, 2.05) is 18.2 Å². The smallest absolute Gasteiger partial charge is 0.295 e. The maximum atomic E-state index is 5.90. The lowest BCUT2D eigenvalue weighted by molar-refractivity contribution is 0.218. The fourth-order valence-corrected chi connectivity index (χ4v) is 2.82. The first-order chi connectivity index (χ1) is 9.76. The summed E-state index contributed by atoms with van der Waals surface area (Å²) in [6.45, 7) is 5.72. The van der Waals surface area contributed by atoms with E-state index in [2.05, 4.69) is 22.1 Å². The van der Waals surface area contributed by atoms with E-state index in [0.717, 1.165) is 37.0 Å². The van der Waals surface area contributed by atoms with Crippen LogP contribution < -0.4 is 11.1 Å². The molecule has 0 unspecified atom stereocenters. The molecule has 108 valence electrons. The topological polar surface area (TPSA) is 67.3 Å². The molecule has 0 spiro atoms. The number of piperidine rings is 1. The summed E-state index contributed by atoms with van der Waals surface area (Å²) in [5.74, 6) is 0. The van der Waals surface area contributed by atoms with Crippen molar-refractivity contribution < 1.29 is 4.42 Å². The number of rotatable bonds is 4. The monoisotopic (exact) mass is 274 g/mol. The van der Waals surface area contributed by atoms with Gasteiger partial charge < -0.3 is 20.4 Å². The predicted molar refractivity (Wildman–Crippen MR) is 81.8 cm³/mol. The summed E-state index contributed by atoms with van der Waals surface area (Å²) in [6.07, 6.45) is 3.49. The first-order valence-electron chi connectivity index (χ1n) is 7.40. The van der Waals surface area contributed by atoms with Crippen LogP contribution in [0.1, 0.15) is 26.2 Å². The Balaban J connectivity index is 1.64. The SMILES string of the molecule is CCCN1CCC(Nc2nc3c(N)cccc3o2)CC1. The van der Waals surface area contributed by atoms with E-state index < -0.39 is 0 Å². The number of nitrogens with two attached hydrogens (primary N) is 1. The number of hydrogen-bond donors (Lipinski definition) is 2. The van der Waals surface area contributed by atoms with E-state index in [4.69, 9.17) is 10.2 Å². The van der Waals surface area contributed by atoms with Gasteiger partial charge in [-0.25, -0.2) is 0 Å². The van der Waals surface area contributed by atoms with Gasteiger partial charge in [0.1, 0.15) is 5.52 Å². The number of nitrogens with one attached hydrogen (secondary N) is 1. The van der Waals surface area contributed by atoms with E-state index in [1.54, 1.807) is 0 Å². The van der Waals surface area contributed by atoms with Crippen LogP contribution in [0.15, 0.2) is 22.6 Å². The van der Waals surface area contributed by atoms with Gasteiger partial charge in [-0.15, -0.1) is 0 Å². The normalized spacial score (nSPS) is 17.6. The van der Waals surface area contributed by atoms with E-state index >= 15 is 0 Å². The van der Waals surface area contributed by atoms with Crippen molar-refractivity contribution in [3.63, 3.8) is 0 Å². The minimum Gasteiger partial charge on any atom is -0.423 e. The highest BCUT2D eigenvalue weighted by Gasteiger charge is 2.20. The molecule has 0 radical (unpaired) electrons. The van der Waals surface area contributed by atoms with Crippen molar-refractivity contribution in [2.24, 2.45) is 0 Å². The second-order valence-corrected chi connectivity index (χ2v) is 5.47. The molecule has 1 saturated heterocycles. The van der Waals surface area contributed by atoms with E-state index in [9.17, 15) is 0 Å². The van der Waals surface area contributed by atoms with Gasteiger partial charge >= 0.3 is 0 Å². The number of nitrogen functional groups attached to an aromatic ring is 1. The molecule has 0 amide bonds. The summed E-state index contributed by atoms with van der Waals surface area (Å²) in [7, 11) is 0. The van der Waals surface area contributed by atoms with Crippen LogP contribution in [0.4, 0.5) is 11.7 Å². The molecule has 1 aliphatic heterocycles. The molecular formula is C15H22N4O. The number of anilines is 2. The number of hydrogen-bond acceptors (Lipinski definition) is 5. The van der Waals surface area contributed by atoms with Crippen molar-refractivity contribution in [2.45, 2.75) is 32.2 Å². The van der Waals surface area contributed by atoms with Crippen molar-refractivity contribution in [2.75, 3.05) is 30.7 Å². The maximum absolute atomic E-state index is 5.90. The summed E-state index contributed by atoms with van der Waals surface area (Å²) in [5.41, 5.74) is 8.06. The Kier molecular flexibility index (Phi) is 3.78. The molecule has 1 fully saturated rings. The molecule has 0 bridgehead atoms. The lowest BCUT2D eigenvalue weighted by atomic mass is 10.1. The number of benzene rings is 1. The molecule has 1 aromatic carbocycles. The highest BCUT2D eigenvalue weighted by Crippen LogP contribution is 2.25. The lowest BCUT2D eigenvalue weighted by Crippen LogP contribution is -2.39. The zero-order chi connectivity index (χ0) is 13.9. The van der Waals surface area contributed by atoms with Gasteiger partial charge in [0.05, 0.1) is 5.69 Å². The average molecular weight is 274 g/mol. The van der Waals surface area contributed by atoms with Crippen molar-refractivity contribution in [3.05, 3.63) is 18.2 Å². The van der Waals surface area contributed by atoms with Crippen molar-refractivity contribution >= 4 is 22.8 Å². The number of nitrogens with zero attached hydrogens (tertiary/aromatic N) is 2. The summed E-state index contributed by atoms with van der Waals surface area (Å²) in [5, 5.41) is 3.40. The number of fused-ring (bicyclic) bond motifs is 1. The Bertz CT molecular complexity index is 572. The molecule has 1 aliphatic rings. The van der Waals surface area contributed by atoms with Crippen LogP contribution in [0, 0.1) is 0 Å². The molecule has 2 heterocycles. The van der Waals surface area contributed by atoms with Gasteiger partial charge in [-0.05, 0) is 37.9 Å². The van der Waals surface area contributed by atoms with Crippen LogP contribution >= 0.6 is 0 Å². The summed E-state index contributed by atoms with van der Waals surface area (Å²) < 4.78 is 5.71. The van der Waals surface area contributed by atoms with E-state index in [-0.39, 0.29) is 0 Å². The van der Waals surface area contributed by atoms with Crippen LogP contribution in [0.2, 0.25) is 0 Å². The molecule has 5 heteroatoms. The zero-order valence-corrected chi connectivity index (χ0v) is 11.9. The summed E-state index contributed by atoms with van der Waals surface area (Å²) in [6, 6.07) is 6.66. The fraction of sp³-hybridized carbons (Fsp3) is 0.533. The summed E-state index contributed by atoms with van der Waals surface area (Å²) >= 11 is 0. The molecule has 0 aliphatic carbocycles. The van der Waals surface area contributed by atoms with Gasteiger partial charge in [0.25, 0.3) is 6.01 Å². The second kappa shape index (κ2) is 5.71. The second-order valence-electron chi connectivity index (χ2n) is 5.47. The van der Waals surface area contributed by atoms with Crippen molar-refractivity contribution in [1.29, 1.82) is 0 Å². The molecular weight excluding hydrogens is 252 g/mol. The number of oxazole rings is 1. The minimum absolute atomic E-state index is 0.442. The Morgan fingerprint density at radius 1 is 1.40 bits per heavy atom. The Morgan fingerprint density at radius 2 is 2.20 bits per heavy atom. The third-order valence-corrected chi connectivity index (χ3v) is 3.91. The van der Waals surface area contributed by atoms with Crippen molar-refractivity contribution in [1.82, 2.24) is 9.88 Å². The van der Waals surface area contributed by atoms with E-state index in [0.29, 0.717) is 17.7 Å². The minimum atomic E-state index is 0.442. The van der Waals surface area contributed by atoms with Gasteiger partial charge in [0.2, 0.25) is 0 Å². The third-order valence-electron chi connectivity index (χ3n) is 3.91. The molecule has 2 aromatic rings. The van der Waals surface area contributed by atoms with Crippen LogP contribution in [-0.2, 0) is 0 Å². The third kappa shape index (κ3) is 2.72. The van der Waals surface area contributed by atoms with Crippen LogP contribution in [0.3, 0.4) is 0 Å². The quantitative estimate of drug-likeness (QED) is 0.839. The average Bonchev–Trinajstić information content (AvgIpc) is 2.85. The lowest BCUT2D eigenvalue weighted by Gasteiger charge is -2.31. The molecule has 5 nitrogen and oxygen atoms in total. The predicted octanol–water partition coefficient (Wildman–Crippen LogP) is 2.70. The standard InChI is InChI=1S/C15H22N4O/c1-2-8-19-9-6-11(7-10-19)17-15-18-14-12(16)4-3-5-13(14)20-15/h3-5,11H,2,6-10,16H2,1H3,(H,17,18). The first-order valence-corrected chi connectivity index (χ1v) is 7.40. The molecule has 0 saturated carbocycles. The molecule has 20 heavy (non-hydrogen) atoms. The number of para-hydroxylation sites is 1. The molecule has 1 aromatic heterocycles. The fourth-order valence-electron chi connectivity index (χ4n) is 2.82. The number of likely N-dealkylation sites (tertiary alicyclic amines) is 1.